The van der Waals surface area contributed by atoms with Gasteiger partial charge in [-0.2, -0.15) is 0 Å². The lowest BCUT2D eigenvalue weighted by atomic mass is 10.1. The molecule has 0 unspecified atom stereocenters. The van der Waals surface area contributed by atoms with E-state index in [4.69, 9.17) is 0 Å². The fourth-order valence-electron chi connectivity index (χ4n) is 1.93. The van der Waals surface area contributed by atoms with Crippen LogP contribution in [0.3, 0.4) is 0 Å². The average molecular weight is 257 g/mol. The molecule has 0 aromatic heterocycles. The van der Waals surface area contributed by atoms with Crippen molar-refractivity contribution in [3.63, 3.8) is 0 Å². The van der Waals surface area contributed by atoms with Crippen LogP contribution in [0.5, 0.6) is 11.5 Å². The van der Waals surface area contributed by atoms with Gasteiger partial charge in [0.2, 0.25) is 0 Å². The summed E-state index contributed by atoms with van der Waals surface area (Å²) in [5.74, 6) is -0.634. The van der Waals surface area contributed by atoms with Crippen molar-refractivity contribution in [3.05, 3.63) is 53.6 Å². The van der Waals surface area contributed by atoms with Gasteiger partial charge < -0.3 is 15.1 Å². The number of nitrogens with zero attached hydrogens (tertiary/aromatic N) is 1. The van der Waals surface area contributed by atoms with Crippen LogP contribution in [-0.2, 0) is 0 Å². The fourth-order valence-corrected chi connectivity index (χ4v) is 1.93. The first kappa shape index (κ1) is 13.0. The number of benzene rings is 2. The van der Waals surface area contributed by atoms with Crippen LogP contribution in [0.25, 0.3) is 0 Å². The Morgan fingerprint density at radius 3 is 2.42 bits per heavy atom. The summed E-state index contributed by atoms with van der Waals surface area (Å²) in [6.45, 7) is 1.91. The highest BCUT2D eigenvalue weighted by Crippen LogP contribution is 2.26. The minimum atomic E-state index is -0.327. The number of para-hydroxylation sites is 1. The molecular weight excluding hydrogens is 242 g/mol. The van der Waals surface area contributed by atoms with Gasteiger partial charge in [0.1, 0.15) is 11.5 Å². The molecule has 2 aromatic carbocycles. The molecule has 0 atom stereocenters. The van der Waals surface area contributed by atoms with E-state index in [0.29, 0.717) is 0 Å². The fraction of sp³-hybridized carbons (Fsp3) is 0.133. The van der Waals surface area contributed by atoms with E-state index in [1.54, 1.807) is 7.05 Å². The van der Waals surface area contributed by atoms with E-state index < -0.39 is 0 Å². The van der Waals surface area contributed by atoms with Gasteiger partial charge >= 0.3 is 0 Å². The van der Waals surface area contributed by atoms with Gasteiger partial charge in [-0.15, -0.1) is 0 Å². The van der Waals surface area contributed by atoms with Crippen LogP contribution in [0, 0.1) is 6.92 Å². The summed E-state index contributed by atoms with van der Waals surface area (Å²) in [6.07, 6.45) is 0. The average Bonchev–Trinajstić information content (AvgIpc) is 2.38. The number of amides is 1. The van der Waals surface area contributed by atoms with Gasteiger partial charge in [0.15, 0.2) is 0 Å². The highest BCUT2D eigenvalue weighted by atomic mass is 16.3. The number of anilines is 1. The van der Waals surface area contributed by atoms with E-state index in [2.05, 4.69) is 0 Å². The molecule has 0 saturated heterocycles. The molecular formula is C15H15NO3. The summed E-state index contributed by atoms with van der Waals surface area (Å²) in [5, 5.41) is 19.0. The van der Waals surface area contributed by atoms with Gasteiger partial charge in [-0.1, -0.05) is 18.2 Å². The molecule has 0 spiro atoms. The zero-order valence-corrected chi connectivity index (χ0v) is 10.8. The molecule has 0 fully saturated rings. The topological polar surface area (TPSA) is 60.8 Å². The number of rotatable bonds is 2. The Bertz CT molecular complexity index is 623. The molecule has 0 aliphatic heterocycles. The number of carbonyl (C=O) groups is 1. The normalized spacial score (nSPS) is 10.2. The predicted octanol–water partition coefficient (Wildman–Crippen LogP) is 2.68. The van der Waals surface area contributed by atoms with Crippen molar-refractivity contribution in [1.82, 2.24) is 0 Å². The zero-order chi connectivity index (χ0) is 14.0. The quantitative estimate of drug-likeness (QED) is 0.869. The molecule has 0 aliphatic rings. The molecule has 0 heterocycles. The minimum absolute atomic E-state index is 0.0763. The molecule has 2 rings (SSSR count). The van der Waals surface area contributed by atoms with Crippen molar-refractivity contribution in [2.75, 3.05) is 11.9 Å². The van der Waals surface area contributed by atoms with Crippen LogP contribution in [0.1, 0.15) is 15.9 Å². The van der Waals surface area contributed by atoms with Crippen molar-refractivity contribution in [2.45, 2.75) is 6.92 Å². The summed E-state index contributed by atoms with van der Waals surface area (Å²) < 4.78 is 0. The van der Waals surface area contributed by atoms with Crippen LogP contribution in [0.4, 0.5) is 5.69 Å². The molecule has 0 saturated carbocycles. The molecule has 1 amide bonds. The molecule has 0 aliphatic carbocycles. The first-order valence-electron chi connectivity index (χ1n) is 5.86. The Labute approximate surface area is 111 Å². The third kappa shape index (κ3) is 2.52. The van der Waals surface area contributed by atoms with E-state index in [9.17, 15) is 15.0 Å². The Balaban J connectivity index is 2.37. The number of phenols is 2. The monoisotopic (exact) mass is 257 g/mol. The first-order chi connectivity index (χ1) is 9.00. The summed E-state index contributed by atoms with van der Waals surface area (Å²) in [7, 11) is 1.65. The summed E-state index contributed by atoms with van der Waals surface area (Å²) in [4.78, 5) is 13.8. The van der Waals surface area contributed by atoms with E-state index in [1.165, 1.54) is 17.0 Å². The standard InChI is InChI=1S/C15H15NO3/c1-10-5-3-4-6-13(10)16(2)15(19)12-8-7-11(17)9-14(12)18/h3-9,17-18H,1-2H3. The third-order valence-corrected chi connectivity index (χ3v) is 2.99. The Kier molecular flexibility index (Phi) is 3.42. The third-order valence-electron chi connectivity index (χ3n) is 2.99. The van der Waals surface area contributed by atoms with Crippen LogP contribution < -0.4 is 4.90 Å². The number of phenolic OH excluding ortho intramolecular Hbond substituents is 2. The Morgan fingerprint density at radius 2 is 1.79 bits per heavy atom. The molecule has 98 valence electrons. The molecule has 0 radical (unpaired) electrons. The maximum Gasteiger partial charge on any atom is 0.261 e. The van der Waals surface area contributed by atoms with Crippen LogP contribution in [-0.4, -0.2) is 23.2 Å². The lowest BCUT2D eigenvalue weighted by molar-refractivity contribution is 0.0990. The van der Waals surface area contributed by atoms with Gasteiger partial charge in [-0.3, -0.25) is 4.79 Å². The van der Waals surface area contributed by atoms with Gasteiger partial charge in [-0.05, 0) is 30.7 Å². The van der Waals surface area contributed by atoms with Crippen molar-refractivity contribution in [3.8, 4) is 11.5 Å². The molecule has 0 bridgehead atoms. The molecule has 19 heavy (non-hydrogen) atoms. The van der Waals surface area contributed by atoms with Gasteiger partial charge in [0.05, 0.1) is 5.56 Å². The van der Waals surface area contributed by atoms with E-state index in [1.807, 2.05) is 31.2 Å². The Hall–Kier alpha value is -2.49. The minimum Gasteiger partial charge on any atom is -0.508 e. The highest BCUT2D eigenvalue weighted by Gasteiger charge is 2.18. The smallest absolute Gasteiger partial charge is 0.261 e. The van der Waals surface area contributed by atoms with Gasteiger partial charge in [-0.25, -0.2) is 0 Å². The number of hydrogen-bond acceptors (Lipinski definition) is 3. The first-order valence-corrected chi connectivity index (χ1v) is 5.86. The molecule has 4 heteroatoms. The SMILES string of the molecule is Cc1ccccc1N(C)C(=O)c1ccc(O)cc1O. The van der Waals surface area contributed by atoms with Crippen molar-refractivity contribution in [2.24, 2.45) is 0 Å². The second-order valence-corrected chi connectivity index (χ2v) is 4.35. The highest BCUT2D eigenvalue weighted by molar-refractivity contribution is 6.07. The lowest BCUT2D eigenvalue weighted by Crippen LogP contribution is -2.26. The summed E-state index contributed by atoms with van der Waals surface area (Å²) in [6, 6.07) is 11.4. The van der Waals surface area contributed by atoms with Crippen LogP contribution >= 0.6 is 0 Å². The van der Waals surface area contributed by atoms with Crippen LogP contribution in [0.2, 0.25) is 0 Å². The number of hydrogen-bond donors (Lipinski definition) is 2. The maximum absolute atomic E-state index is 12.3. The van der Waals surface area contributed by atoms with E-state index >= 15 is 0 Å². The number of carbonyl (C=O) groups excluding carboxylic acids is 1. The lowest BCUT2D eigenvalue weighted by Gasteiger charge is -2.20. The molecule has 2 aromatic rings. The predicted molar refractivity (Wildman–Crippen MR) is 73.7 cm³/mol. The van der Waals surface area contributed by atoms with E-state index in [0.717, 1.165) is 17.3 Å². The summed E-state index contributed by atoms with van der Waals surface area (Å²) >= 11 is 0. The second kappa shape index (κ2) is 5.02. The molecule has 2 N–H and O–H groups in total. The van der Waals surface area contributed by atoms with Crippen LogP contribution in [0.15, 0.2) is 42.5 Å². The van der Waals surface area contributed by atoms with Gasteiger partial charge in [0, 0.05) is 18.8 Å². The largest absolute Gasteiger partial charge is 0.508 e. The second-order valence-electron chi connectivity index (χ2n) is 4.35. The van der Waals surface area contributed by atoms with Crippen molar-refractivity contribution in [1.29, 1.82) is 0 Å². The summed E-state index contributed by atoms with van der Waals surface area (Å²) in [5.41, 5.74) is 1.90. The van der Waals surface area contributed by atoms with Crippen molar-refractivity contribution < 1.29 is 15.0 Å². The maximum atomic E-state index is 12.3. The zero-order valence-electron chi connectivity index (χ0n) is 10.8. The van der Waals surface area contributed by atoms with Crippen molar-refractivity contribution >= 4 is 11.6 Å². The molecule has 4 nitrogen and oxygen atoms in total. The number of aromatic hydroxyl groups is 2. The van der Waals surface area contributed by atoms with E-state index in [-0.39, 0.29) is 23.0 Å². The van der Waals surface area contributed by atoms with Gasteiger partial charge in [0.25, 0.3) is 5.91 Å². The Morgan fingerprint density at radius 1 is 1.11 bits per heavy atom. The number of aryl methyl sites for hydroxylation is 1.